The van der Waals surface area contributed by atoms with Gasteiger partial charge < -0.3 is 9.47 Å². The van der Waals surface area contributed by atoms with Crippen molar-refractivity contribution in [2.45, 2.75) is 45.1 Å². The van der Waals surface area contributed by atoms with Gasteiger partial charge in [-0.2, -0.15) is 4.52 Å². The van der Waals surface area contributed by atoms with E-state index in [4.69, 9.17) is 0 Å². The molecule has 0 saturated carbocycles. The first-order valence-corrected chi connectivity index (χ1v) is 9.40. The predicted molar refractivity (Wildman–Crippen MR) is 98.6 cm³/mol. The lowest BCUT2D eigenvalue weighted by Crippen LogP contribution is -2.42. The molecule has 3 aromatic rings. The van der Waals surface area contributed by atoms with Gasteiger partial charge in [0.25, 0.3) is 17.2 Å². The Bertz CT molecular complexity index is 1000. The molecule has 0 unspecified atom stereocenters. The van der Waals surface area contributed by atoms with Gasteiger partial charge in [-0.1, -0.05) is 13.3 Å². The Morgan fingerprint density at radius 2 is 2.22 bits per heavy atom. The molecule has 4 rings (SSSR count). The van der Waals surface area contributed by atoms with Gasteiger partial charge in [0.1, 0.15) is 17.7 Å². The molecular weight excluding hydrogens is 346 g/mol. The fourth-order valence-electron chi connectivity index (χ4n) is 3.69. The van der Waals surface area contributed by atoms with E-state index in [1.54, 1.807) is 4.90 Å². The molecule has 0 aromatic carbocycles. The lowest BCUT2D eigenvalue weighted by Gasteiger charge is -2.32. The Kier molecular flexibility index (Phi) is 4.74. The maximum atomic E-state index is 13.0. The Balaban J connectivity index is 1.56. The van der Waals surface area contributed by atoms with Crippen molar-refractivity contribution in [1.29, 1.82) is 0 Å². The number of fused-ring (bicyclic) bond motifs is 1. The standard InChI is InChI=1S/C18H23N7O2/c1-2-3-7-23-9-6-19-15(23)13-5-4-8-24(11-13)16(26)14-10-20-18-21-12-22-25(18)17(14)27/h6,9-10,12-13H,2-5,7-8,11H2,1H3,(H,20,21,22)/t13-/m1/s1. The van der Waals surface area contributed by atoms with Crippen molar-refractivity contribution in [2.24, 2.45) is 0 Å². The molecule has 1 saturated heterocycles. The number of nitrogens with one attached hydrogen (secondary N) is 1. The average molecular weight is 369 g/mol. The fourth-order valence-corrected chi connectivity index (χ4v) is 3.69. The van der Waals surface area contributed by atoms with E-state index in [0.717, 1.165) is 38.1 Å². The maximum Gasteiger partial charge on any atom is 0.286 e. The second-order valence-corrected chi connectivity index (χ2v) is 6.92. The van der Waals surface area contributed by atoms with Gasteiger partial charge in [0.05, 0.1) is 0 Å². The number of unbranched alkanes of at least 4 members (excludes halogenated alkanes) is 1. The SMILES string of the molecule is CCCCn1ccnc1[C@@H]1CCCN(C(=O)c2cnc3nc[nH]n3c2=O)C1. The number of H-pyrrole nitrogens is 1. The molecule has 142 valence electrons. The third-order valence-electron chi connectivity index (χ3n) is 5.11. The average Bonchev–Trinajstić information content (AvgIpc) is 3.36. The van der Waals surface area contributed by atoms with Crippen LogP contribution in [0, 0.1) is 0 Å². The highest BCUT2D eigenvalue weighted by atomic mass is 16.2. The molecule has 1 aliphatic rings. The molecule has 27 heavy (non-hydrogen) atoms. The molecule has 0 bridgehead atoms. The molecule has 0 spiro atoms. The maximum absolute atomic E-state index is 13.0. The van der Waals surface area contributed by atoms with Crippen LogP contribution in [0.2, 0.25) is 0 Å². The number of hydrogen-bond donors (Lipinski definition) is 1. The fraction of sp³-hybridized carbons (Fsp3) is 0.500. The molecule has 4 heterocycles. The van der Waals surface area contributed by atoms with Crippen LogP contribution in [0.3, 0.4) is 0 Å². The number of carbonyl (C=O) groups is 1. The number of imidazole rings is 1. The van der Waals surface area contributed by atoms with Gasteiger partial charge in [0.2, 0.25) is 0 Å². The minimum atomic E-state index is -0.422. The largest absolute Gasteiger partial charge is 0.338 e. The van der Waals surface area contributed by atoms with E-state index in [1.165, 1.54) is 17.0 Å². The summed E-state index contributed by atoms with van der Waals surface area (Å²) in [4.78, 5) is 39.8. The van der Waals surface area contributed by atoms with E-state index in [1.807, 2.05) is 12.4 Å². The van der Waals surface area contributed by atoms with Crippen LogP contribution in [-0.4, -0.2) is 53.0 Å². The van der Waals surface area contributed by atoms with Crippen LogP contribution in [0.4, 0.5) is 0 Å². The van der Waals surface area contributed by atoms with Crippen LogP contribution in [0.15, 0.2) is 29.7 Å². The van der Waals surface area contributed by atoms with Crippen molar-refractivity contribution in [3.63, 3.8) is 0 Å². The summed E-state index contributed by atoms with van der Waals surface area (Å²) in [6.45, 7) is 4.31. The summed E-state index contributed by atoms with van der Waals surface area (Å²) in [5.74, 6) is 1.18. The molecule has 1 fully saturated rings. The monoisotopic (exact) mass is 369 g/mol. The highest BCUT2D eigenvalue weighted by molar-refractivity contribution is 5.93. The number of aryl methyl sites for hydroxylation is 1. The van der Waals surface area contributed by atoms with E-state index in [2.05, 4.69) is 31.5 Å². The van der Waals surface area contributed by atoms with Crippen LogP contribution in [0.25, 0.3) is 5.78 Å². The lowest BCUT2D eigenvalue weighted by molar-refractivity contribution is 0.0700. The number of amides is 1. The summed E-state index contributed by atoms with van der Waals surface area (Å²) in [7, 11) is 0. The summed E-state index contributed by atoms with van der Waals surface area (Å²) in [5.41, 5.74) is -0.360. The zero-order valence-electron chi connectivity index (χ0n) is 15.3. The van der Waals surface area contributed by atoms with Gasteiger partial charge in [0, 0.05) is 44.1 Å². The van der Waals surface area contributed by atoms with E-state index in [-0.39, 0.29) is 23.2 Å². The van der Waals surface area contributed by atoms with Crippen LogP contribution < -0.4 is 5.56 Å². The Labute approximate surface area is 156 Å². The van der Waals surface area contributed by atoms with Crippen molar-refractivity contribution in [1.82, 2.24) is 34.0 Å². The Morgan fingerprint density at radius 1 is 1.33 bits per heavy atom. The topological polar surface area (TPSA) is 101 Å². The van der Waals surface area contributed by atoms with Crippen LogP contribution in [0.1, 0.15) is 54.7 Å². The normalized spacial score (nSPS) is 17.5. The first-order chi connectivity index (χ1) is 13.2. The molecule has 1 aliphatic heterocycles. The number of aromatic nitrogens is 6. The van der Waals surface area contributed by atoms with Crippen molar-refractivity contribution in [2.75, 3.05) is 13.1 Å². The second kappa shape index (κ2) is 7.34. The number of nitrogens with zero attached hydrogens (tertiary/aromatic N) is 6. The van der Waals surface area contributed by atoms with Crippen LogP contribution in [-0.2, 0) is 6.54 Å². The van der Waals surface area contributed by atoms with Crippen LogP contribution in [0.5, 0.6) is 0 Å². The number of likely N-dealkylation sites (tertiary alicyclic amines) is 1. The van der Waals surface area contributed by atoms with Crippen molar-refractivity contribution < 1.29 is 4.79 Å². The Morgan fingerprint density at radius 3 is 3.07 bits per heavy atom. The van der Waals surface area contributed by atoms with Gasteiger partial charge in [-0.3, -0.25) is 14.7 Å². The van der Waals surface area contributed by atoms with E-state index in [0.29, 0.717) is 13.1 Å². The van der Waals surface area contributed by atoms with E-state index in [9.17, 15) is 9.59 Å². The molecule has 0 aliphatic carbocycles. The van der Waals surface area contributed by atoms with Crippen molar-refractivity contribution in [3.8, 4) is 0 Å². The summed E-state index contributed by atoms with van der Waals surface area (Å²) >= 11 is 0. The van der Waals surface area contributed by atoms with E-state index < -0.39 is 5.56 Å². The molecule has 9 heteroatoms. The van der Waals surface area contributed by atoms with Gasteiger partial charge >= 0.3 is 0 Å². The number of piperidine rings is 1. The molecule has 1 atom stereocenters. The Hall–Kier alpha value is -2.97. The van der Waals surface area contributed by atoms with E-state index >= 15 is 0 Å². The summed E-state index contributed by atoms with van der Waals surface area (Å²) in [6, 6.07) is 0. The van der Waals surface area contributed by atoms with Gasteiger partial charge in [-0.25, -0.2) is 15.0 Å². The lowest BCUT2D eigenvalue weighted by atomic mass is 9.96. The number of hydrogen-bond acceptors (Lipinski definition) is 5. The quantitative estimate of drug-likeness (QED) is 0.733. The predicted octanol–water partition coefficient (Wildman–Crippen LogP) is 1.43. The number of aromatic amines is 1. The third-order valence-corrected chi connectivity index (χ3v) is 5.11. The first kappa shape index (κ1) is 17.4. The summed E-state index contributed by atoms with van der Waals surface area (Å²) in [6.07, 6.45) is 10.6. The molecule has 1 N–H and O–H groups in total. The van der Waals surface area contributed by atoms with Gasteiger partial charge in [-0.15, -0.1) is 0 Å². The third kappa shape index (κ3) is 3.24. The van der Waals surface area contributed by atoms with Gasteiger partial charge in [-0.05, 0) is 19.3 Å². The summed E-state index contributed by atoms with van der Waals surface area (Å²) < 4.78 is 3.38. The molecule has 1 amide bonds. The summed E-state index contributed by atoms with van der Waals surface area (Å²) in [5, 5.41) is 2.69. The smallest absolute Gasteiger partial charge is 0.286 e. The van der Waals surface area contributed by atoms with Crippen LogP contribution >= 0.6 is 0 Å². The van der Waals surface area contributed by atoms with Crippen molar-refractivity contribution >= 4 is 11.7 Å². The molecule has 0 radical (unpaired) electrons. The molecule has 3 aromatic heterocycles. The molecular formula is C18H23N7O2. The zero-order valence-corrected chi connectivity index (χ0v) is 15.3. The highest BCUT2D eigenvalue weighted by Crippen LogP contribution is 2.26. The van der Waals surface area contributed by atoms with Gasteiger partial charge in [0.15, 0.2) is 0 Å². The minimum absolute atomic E-state index is 0.0618. The van der Waals surface area contributed by atoms with Crippen molar-refractivity contribution in [3.05, 3.63) is 46.7 Å². The number of carbonyl (C=O) groups excluding carboxylic acids is 1. The molecule has 9 nitrogen and oxygen atoms in total. The number of rotatable bonds is 5. The minimum Gasteiger partial charge on any atom is -0.338 e. The second-order valence-electron chi connectivity index (χ2n) is 6.92. The zero-order chi connectivity index (χ0) is 18.8. The highest BCUT2D eigenvalue weighted by Gasteiger charge is 2.29. The first-order valence-electron chi connectivity index (χ1n) is 9.40.